The van der Waals surface area contributed by atoms with Crippen LogP contribution in [0.2, 0.25) is 0 Å². The molecule has 1 aliphatic carbocycles. The molecule has 20 heavy (non-hydrogen) atoms. The van der Waals surface area contributed by atoms with Gasteiger partial charge in [0, 0.05) is 18.6 Å². The van der Waals surface area contributed by atoms with Crippen molar-refractivity contribution in [2.75, 3.05) is 13.2 Å². The lowest BCUT2D eigenvalue weighted by Crippen LogP contribution is -2.33. The van der Waals surface area contributed by atoms with Crippen molar-refractivity contribution in [2.45, 2.75) is 32.1 Å². The van der Waals surface area contributed by atoms with Gasteiger partial charge in [-0.25, -0.2) is 0 Å². The highest BCUT2D eigenvalue weighted by atomic mass is 16.5. The highest BCUT2D eigenvalue weighted by Crippen LogP contribution is 2.54. The Bertz CT molecular complexity index is 625. The fraction of sp³-hybridized carbons (Fsp3) is 0.368. The van der Waals surface area contributed by atoms with Crippen molar-refractivity contribution < 1.29 is 4.74 Å². The third-order valence-corrected chi connectivity index (χ3v) is 5.02. The molecule has 1 fully saturated rings. The van der Waals surface area contributed by atoms with E-state index in [1.165, 1.54) is 33.4 Å². The summed E-state index contributed by atoms with van der Waals surface area (Å²) in [5.74, 6) is 0. The lowest BCUT2D eigenvalue weighted by Gasteiger charge is -2.36. The van der Waals surface area contributed by atoms with Crippen LogP contribution in [0, 0.1) is 13.8 Å². The summed E-state index contributed by atoms with van der Waals surface area (Å²) in [5.41, 5.74) is 8.85. The molecule has 1 heteroatoms. The summed E-state index contributed by atoms with van der Waals surface area (Å²) >= 11 is 0. The summed E-state index contributed by atoms with van der Waals surface area (Å²) in [7, 11) is 0. The zero-order valence-corrected chi connectivity index (χ0v) is 12.2. The summed E-state index contributed by atoms with van der Waals surface area (Å²) in [6.07, 6.45) is 2.22. The monoisotopic (exact) mass is 264 g/mol. The lowest BCUT2D eigenvalue weighted by molar-refractivity contribution is 0.0643. The van der Waals surface area contributed by atoms with Crippen LogP contribution in [-0.2, 0) is 10.2 Å². The fourth-order valence-electron chi connectivity index (χ4n) is 3.98. The van der Waals surface area contributed by atoms with Gasteiger partial charge in [0.25, 0.3) is 0 Å². The van der Waals surface area contributed by atoms with Gasteiger partial charge in [-0.1, -0.05) is 47.5 Å². The van der Waals surface area contributed by atoms with Crippen LogP contribution < -0.4 is 0 Å². The van der Waals surface area contributed by atoms with Crippen LogP contribution >= 0.6 is 0 Å². The van der Waals surface area contributed by atoms with E-state index in [1.807, 2.05) is 0 Å². The second-order valence-electron chi connectivity index (χ2n) is 6.29. The largest absolute Gasteiger partial charge is 0.381 e. The predicted octanol–water partition coefficient (Wildman–Crippen LogP) is 4.38. The summed E-state index contributed by atoms with van der Waals surface area (Å²) in [4.78, 5) is 0. The van der Waals surface area contributed by atoms with Crippen molar-refractivity contribution >= 4 is 0 Å². The molecule has 0 saturated carbocycles. The number of rotatable bonds is 0. The van der Waals surface area contributed by atoms with Gasteiger partial charge >= 0.3 is 0 Å². The highest BCUT2D eigenvalue weighted by molar-refractivity contribution is 5.81. The van der Waals surface area contributed by atoms with E-state index in [4.69, 9.17) is 4.74 Å². The molecule has 4 rings (SSSR count). The summed E-state index contributed by atoms with van der Waals surface area (Å²) in [6.45, 7) is 6.14. The Morgan fingerprint density at radius 3 is 1.80 bits per heavy atom. The minimum Gasteiger partial charge on any atom is -0.381 e. The van der Waals surface area contributed by atoms with Gasteiger partial charge in [0.1, 0.15) is 0 Å². The van der Waals surface area contributed by atoms with Gasteiger partial charge in [0.05, 0.1) is 0 Å². The number of aryl methyl sites for hydroxylation is 2. The third-order valence-electron chi connectivity index (χ3n) is 5.02. The molecule has 2 aromatic rings. The predicted molar refractivity (Wildman–Crippen MR) is 82.2 cm³/mol. The molecule has 0 N–H and O–H groups in total. The van der Waals surface area contributed by atoms with Crippen LogP contribution in [0.5, 0.6) is 0 Å². The molecule has 0 unspecified atom stereocenters. The number of fused-ring (bicyclic) bond motifs is 5. The summed E-state index contributed by atoms with van der Waals surface area (Å²) in [6, 6.07) is 13.9. The smallest absolute Gasteiger partial charge is 0.0477 e. The molecule has 1 spiro atoms. The Kier molecular flexibility index (Phi) is 2.55. The topological polar surface area (TPSA) is 9.23 Å². The molecular formula is C19H20O. The summed E-state index contributed by atoms with van der Waals surface area (Å²) < 4.78 is 5.65. The lowest BCUT2D eigenvalue weighted by atomic mass is 9.72. The SMILES string of the molecule is Cc1ccc2c(c1)C1(CCOCC1)c1cc(C)ccc1-2. The van der Waals surface area contributed by atoms with Crippen LogP contribution in [0.3, 0.4) is 0 Å². The first kappa shape index (κ1) is 12.2. The minimum absolute atomic E-state index is 0.195. The molecule has 0 bridgehead atoms. The van der Waals surface area contributed by atoms with Gasteiger partial charge in [0.2, 0.25) is 0 Å². The average molecular weight is 264 g/mol. The van der Waals surface area contributed by atoms with Crippen LogP contribution in [0.1, 0.15) is 35.1 Å². The second kappa shape index (κ2) is 4.20. The van der Waals surface area contributed by atoms with Gasteiger partial charge < -0.3 is 4.74 Å². The molecule has 0 atom stereocenters. The Balaban J connectivity index is 2.03. The normalized spacial score (nSPS) is 18.9. The van der Waals surface area contributed by atoms with Gasteiger partial charge in [0.15, 0.2) is 0 Å². The van der Waals surface area contributed by atoms with Crippen molar-refractivity contribution in [2.24, 2.45) is 0 Å². The summed E-state index contributed by atoms with van der Waals surface area (Å²) in [5, 5.41) is 0. The number of hydrogen-bond acceptors (Lipinski definition) is 1. The van der Waals surface area contributed by atoms with E-state index in [-0.39, 0.29) is 5.41 Å². The first-order valence-electron chi connectivity index (χ1n) is 7.51. The van der Waals surface area contributed by atoms with Crippen LogP contribution in [0.4, 0.5) is 0 Å². The van der Waals surface area contributed by atoms with E-state index >= 15 is 0 Å². The van der Waals surface area contributed by atoms with E-state index in [2.05, 4.69) is 50.2 Å². The first-order valence-corrected chi connectivity index (χ1v) is 7.51. The molecular weight excluding hydrogens is 244 g/mol. The fourth-order valence-corrected chi connectivity index (χ4v) is 3.98. The zero-order chi connectivity index (χ0) is 13.7. The average Bonchev–Trinajstić information content (AvgIpc) is 2.70. The molecule has 102 valence electrons. The van der Waals surface area contributed by atoms with Gasteiger partial charge in [-0.05, 0) is 48.9 Å². The second-order valence-corrected chi connectivity index (χ2v) is 6.29. The van der Waals surface area contributed by atoms with E-state index in [9.17, 15) is 0 Å². The van der Waals surface area contributed by atoms with Crippen molar-refractivity contribution in [3.8, 4) is 11.1 Å². The van der Waals surface area contributed by atoms with E-state index < -0.39 is 0 Å². The third kappa shape index (κ3) is 1.53. The molecule has 1 nitrogen and oxygen atoms in total. The van der Waals surface area contributed by atoms with Gasteiger partial charge in [-0.2, -0.15) is 0 Å². The van der Waals surface area contributed by atoms with E-state index in [0.717, 1.165) is 26.1 Å². The molecule has 1 saturated heterocycles. The number of hydrogen-bond donors (Lipinski definition) is 0. The van der Waals surface area contributed by atoms with Gasteiger partial charge in [-0.15, -0.1) is 0 Å². The maximum Gasteiger partial charge on any atom is 0.0477 e. The quantitative estimate of drug-likeness (QED) is 0.686. The van der Waals surface area contributed by atoms with Crippen molar-refractivity contribution in [3.63, 3.8) is 0 Å². The Morgan fingerprint density at radius 1 is 0.800 bits per heavy atom. The van der Waals surface area contributed by atoms with Crippen LogP contribution in [0.25, 0.3) is 11.1 Å². The molecule has 0 radical (unpaired) electrons. The molecule has 1 heterocycles. The molecule has 0 aromatic heterocycles. The van der Waals surface area contributed by atoms with Crippen LogP contribution in [-0.4, -0.2) is 13.2 Å². The Morgan fingerprint density at radius 2 is 1.30 bits per heavy atom. The van der Waals surface area contributed by atoms with Crippen LogP contribution in [0.15, 0.2) is 36.4 Å². The Labute approximate surface area is 120 Å². The van der Waals surface area contributed by atoms with Crippen molar-refractivity contribution in [3.05, 3.63) is 58.7 Å². The van der Waals surface area contributed by atoms with Crippen molar-refractivity contribution in [1.29, 1.82) is 0 Å². The Hall–Kier alpha value is -1.60. The van der Waals surface area contributed by atoms with E-state index in [1.54, 1.807) is 0 Å². The minimum atomic E-state index is 0.195. The first-order chi connectivity index (χ1) is 9.71. The maximum atomic E-state index is 5.65. The molecule has 1 aliphatic heterocycles. The standard InChI is InChI=1S/C19H20O/c1-13-3-5-15-16-6-4-14(2)12-18(16)19(17(15)11-13)7-9-20-10-8-19/h3-6,11-12H,7-10H2,1-2H3. The zero-order valence-electron chi connectivity index (χ0n) is 12.2. The van der Waals surface area contributed by atoms with Crippen molar-refractivity contribution in [1.82, 2.24) is 0 Å². The maximum absolute atomic E-state index is 5.65. The number of ether oxygens (including phenoxy) is 1. The van der Waals surface area contributed by atoms with E-state index in [0.29, 0.717) is 0 Å². The molecule has 2 aromatic carbocycles. The molecule has 0 amide bonds. The molecule has 2 aliphatic rings. The highest BCUT2D eigenvalue weighted by Gasteiger charge is 2.44. The van der Waals surface area contributed by atoms with Gasteiger partial charge in [-0.3, -0.25) is 0 Å². The number of benzene rings is 2.